The number of rotatable bonds is 2. The molecule has 0 amide bonds. The zero-order chi connectivity index (χ0) is 18.1. The average Bonchev–Trinajstić information content (AvgIpc) is 2.63. The molecule has 2 aromatic rings. The summed E-state index contributed by atoms with van der Waals surface area (Å²) in [6, 6.07) is 9.11. The van der Waals surface area contributed by atoms with E-state index in [1.807, 2.05) is 31.2 Å². The summed E-state index contributed by atoms with van der Waals surface area (Å²) < 4.78 is 1.72. The minimum Gasteiger partial charge on any atom is -0.269 e. The van der Waals surface area contributed by atoms with E-state index in [2.05, 4.69) is 32.8 Å². The zero-order valence-electron chi connectivity index (χ0n) is 14.5. The van der Waals surface area contributed by atoms with Gasteiger partial charge >= 0.3 is 5.96 Å². The molecule has 1 aliphatic carbocycles. The molecule has 0 spiro atoms. The Kier molecular flexibility index (Phi) is 4.51. The van der Waals surface area contributed by atoms with Crippen molar-refractivity contribution in [3.63, 3.8) is 0 Å². The van der Waals surface area contributed by atoms with E-state index in [0.29, 0.717) is 28.5 Å². The van der Waals surface area contributed by atoms with E-state index < -0.39 is 0 Å². The first-order chi connectivity index (χ1) is 12.6. The third-order valence-corrected chi connectivity index (χ3v) is 5.11. The number of nitrogens with one attached hydrogen (secondary N) is 3. The van der Waals surface area contributed by atoms with Crippen LogP contribution < -0.4 is 21.2 Å². The minimum absolute atomic E-state index is 0.0520. The summed E-state index contributed by atoms with van der Waals surface area (Å²) in [4.78, 5) is 20.6. The Hall–Kier alpha value is -2.60. The van der Waals surface area contributed by atoms with Crippen LogP contribution in [0.25, 0.3) is 0 Å². The number of benzene rings is 1. The van der Waals surface area contributed by atoms with Crippen molar-refractivity contribution in [2.75, 3.05) is 10.6 Å². The fourth-order valence-electron chi connectivity index (χ4n) is 3.52. The van der Waals surface area contributed by atoms with Crippen LogP contribution in [0.1, 0.15) is 31.1 Å². The molecular weight excluding hydrogens is 350 g/mol. The molecule has 0 bridgehead atoms. The SMILES string of the molecule is Cc1cc(=O)n2c(n1)NC(Nc1ccccc1Cl)=[NH+]C2C1CC=CCC1. The quantitative estimate of drug-likeness (QED) is 0.707. The second-order valence-electron chi connectivity index (χ2n) is 6.67. The first-order valence-corrected chi connectivity index (χ1v) is 9.17. The Morgan fingerprint density at radius 2 is 2.19 bits per heavy atom. The first kappa shape index (κ1) is 16.8. The van der Waals surface area contributed by atoms with Crippen LogP contribution in [-0.4, -0.2) is 15.5 Å². The van der Waals surface area contributed by atoms with Gasteiger partial charge in [-0.15, -0.1) is 0 Å². The lowest BCUT2D eigenvalue weighted by Gasteiger charge is -2.29. The number of anilines is 2. The second kappa shape index (κ2) is 6.96. The Bertz CT molecular complexity index is 949. The van der Waals surface area contributed by atoms with Crippen LogP contribution in [-0.2, 0) is 0 Å². The van der Waals surface area contributed by atoms with Gasteiger partial charge in [0, 0.05) is 17.7 Å². The number of allylic oxidation sites excluding steroid dienone is 2. The predicted molar refractivity (Wildman–Crippen MR) is 103 cm³/mol. The lowest BCUT2D eigenvalue weighted by molar-refractivity contribution is -0.545. The van der Waals surface area contributed by atoms with E-state index in [1.54, 1.807) is 10.6 Å². The molecule has 2 unspecified atom stereocenters. The Morgan fingerprint density at radius 1 is 1.35 bits per heavy atom. The molecule has 1 aromatic heterocycles. The van der Waals surface area contributed by atoms with Gasteiger partial charge < -0.3 is 0 Å². The first-order valence-electron chi connectivity index (χ1n) is 8.79. The van der Waals surface area contributed by atoms with Gasteiger partial charge in [0.2, 0.25) is 0 Å². The highest BCUT2D eigenvalue weighted by molar-refractivity contribution is 6.33. The highest BCUT2D eigenvalue weighted by Gasteiger charge is 2.33. The van der Waals surface area contributed by atoms with Gasteiger partial charge in [-0.2, -0.15) is 0 Å². The van der Waals surface area contributed by atoms with Crippen molar-refractivity contribution in [3.05, 3.63) is 63.6 Å². The molecule has 0 fully saturated rings. The maximum atomic E-state index is 12.6. The van der Waals surface area contributed by atoms with Crippen LogP contribution >= 0.6 is 11.6 Å². The predicted octanol–water partition coefficient (Wildman–Crippen LogP) is 2.03. The van der Waals surface area contributed by atoms with E-state index in [1.165, 1.54) is 0 Å². The normalized spacial score (nSPS) is 21.5. The number of fused-ring (bicyclic) bond motifs is 1. The van der Waals surface area contributed by atoms with Gasteiger partial charge in [0.1, 0.15) is 5.69 Å². The van der Waals surface area contributed by atoms with Crippen LogP contribution in [0.15, 0.2) is 47.3 Å². The van der Waals surface area contributed by atoms with Crippen molar-refractivity contribution in [1.82, 2.24) is 9.55 Å². The zero-order valence-corrected chi connectivity index (χ0v) is 15.3. The Labute approximate surface area is 156 Å². The summed E-state index contributed by atoms with van der Waals surface area (Å²) in [6.07, 6.45) is 7.19. The smallest absolute Gasteiger partial charge is 0.269 e. The van der Waals surface area contributed by atoms with Gasteiger partial charge in [-0.1, -0.05) is 35.9 Å². The number of aromatic nitrogens is 2. The van der Waals surface area contributed by atoms with E-state index in [-0.39, 0.29) is 11.7 Å². The number of aryl methyl sites for hydroxylation is 1. The molecule has 0 radical (unpaired) electrons. The van der Waals surface area contributed by atoms with Gasteiger partial charge in [-0.25, -0.2) is 20.2 Å². The van der Waals surface area contributed by atoms with Gasteiger partial charge in [-0.05, 0) is 38.3 Å². The molecule has 4 rings (SSSR count). The number of halogens is 1. The van der Waals surface area contributed by atoms with Gasteiger partial charge in [0.25, 0.3) is 11.5 Å². The molecule has 2 atom stereocenters. The minimum atomic E-state index is -0.165. The van der Waals surface area contributed by atoms with Crippen LogP contribution in [0.4, 0.5) is 11.6 Å². The Morgan fingerprint density at radius 3 is 2.96 bits per heavy atom. The monoisotopic (exact) mass is 370 g/mol. The van der Waals surface area contributed by atoms with Crippen molar-refractivity contribution in [3.8, 4) is 0 Å². The molecule has 26 heavy (non-hydrogen) atoms. The molecule has 1 aromatic carbocycles. The van der Waals surface area contributed by atoms with Crippen molar-refractivity contribution in [2.24, 2.45) is 5.92 Å². The molecule has 0 saturated carbocycles. The molecule has 0 saturated heterocycles. The number of hydrogen-bond donors (Lipinski definition) is 3. The average molecular weight is 371 g/mol. The summed E-state index contributed by atoms with van der Waals surface area (Å²) in [6.45, 7) is 1.82. The molecule has 6 nitrogen and oxygen atoms in total. The van der Waals surface area contributed by atoms with E-state index in [0.717, 1.165) is 24.9 Å². The second-order valence-corrected chi connectivity index (χ2v) is 7.08. The highest BCUT2D eigenvalue weighted by atomic mass is 35.5. The maximum absolute atomic E-state index is 12.6. The van der Waals surface area contributed by atoms with Crippen molar-refractivity contribution in [1.29, 1.82) is 0 Å². The third kappa shape index (κ3) is 3.24. The fourth-order valence-corrected chi connectivity index (χ4v) is 3.70. The molecule has 134 valence electrons. The number of para-hydroxylation sites is 1. The van der Waals surface area contributed by atoms with Crippen LogP contribution in [0, 0.1) is 12.8 Å². The highest BCUT2D eigenvalue weighted by Crippen LogP contribution is 2.27. The molecule has 2 aliphatic rings. The number of guanidine groups is 1. The van der Waals surface area contributed by atoms with Gasteiger partial charge in [0.15, 0.2) is 6.17 Å². The summed E-state index contributed by atoms with van der Waals surface area (Å²) >= 11 is 6.27. The van der Waals surface area contributed by atoms with E-state index in [4.69, 9.17) is 11.6 Å². The van der Waals surface area contributed by atoms with Gasteiger partial charge in [-0.3, -0.25) is 9.79 Å². The number of nitrogens with zero attached hydrogens (tertiary/aromatic N) is 2. The standard InChI is InChI=1S/C19H20ClN5O/c1-12-11-16(26)25-17(13-7-3-2-4-8-13)23-18(24-19(25)21-12)22-15-10-6-5-9-14(15)20/h2-3,5-6,9-11,13,17H,4,7-8H2,1H3,(H2,21,22,23,24)/p+1. The summed E-state index contributed by atoms with van der Waals surface area (Å²) in [5.41, 5.74) is 1.42. The molecule has 1 aliphatic heterocycles. The van der Waals surface area contributed by atoms with E-state index >= 15 is 0 Å². The number of hydrogen-bond acceptors (Lipinski definition) is 4. The summed E-state index contributed by atoms with van der Waals surface area (Å²) in [5.74, 6) is 1.53. The lowest BCUT2D eigenvalue weighted by Crippen LogP contribution is -2.83. The molecule has 3 N–H and O–H groups in total. The summed E-state index contributed by atoms with van der Waals surface area (Å²) in [7, 11) is 0. The molecule has 2 heterocycles. The summed E-state index contributed by atoms with van der Waals surface area (Å²) in [5, 5.41) is 7.11. The maximum Gasteiger partial charge on any atom is 0.357 e. The van der Waals surface area contributed by atoms with E-state index in [9.17, 15) is 4.79 Å². The van der Waals surface area contributed by atoms with Crippen molar-refractivity contribution >= 4 is 29.2 Å². The van der Waals surface area contributed by atoms with Crippen LogP contribution in [0.3, 0.4) is 0 Å². The fraction of sp³-hybridized carbons (Fsp3) is 0.316. The van der Waals surface area contributed by atoms with Crippen molar-refractivity contribution in [2.45, 2.75) is 32.4 Å². The Balaban J connectivity index is 1.74. The topological polar surface area (TPSA) is 72.9 Å². The van der Waals surface area contributed by atoms with Crippen LogP contribution in [0.5, 0.6) is 0 Å². The van der Waals surface area contributed by atoms with Crippen LogP contribution in [0.2, 0.25) is 5.02 Å². The molecular formula is C19H21ClN5O+. The largest absolute Gasteiger partial charge is 0.357 e. The third-order valence-electron chi connectivity index (χ3n) is 4.78. The molecule has 7 heteroatoms. The van der Waals surface area contributed by atoms with Crippen molar-refractivity contribution < 1.29 is 4.99 Å². The lowest BCUT2D eigenvalue weighted by atomic mass is 9.91. The van der Waals surface area contributed by atoms with Gasteiger partial charge in [0.05, 0.1) is 5.02 Å².